The van der Waals surface area contributed by atoms with Crippen molar-refractivity contribution in [2.24, 2.45) is 0 Å². The average Bonchev–Trinajstić information content (AvgIpc) is 2.95. The Morgan fingerprint density at radius 2 is 2.14 bits per heavy atom. The van der Waals surface area contributed by atoms with E-state index in [1.165, 1.54) is 0 Å². The van der Waals surface area contributed by atoms with Crippen molar-refractivity contribution >= 4 is 27.0 Å². The van der Waals surface area contributed by atoms with E-state index in [1.807, 2.05) is 0 Å². The Hall–Kier alpha value is -1.74. The zero-order valence-electron chi connectivity index (χ0n) is 11.8. The number of fused-ring (bicyclic) bond motifs is 1. The molecule has 9 heteroatoms. The third kappa shape index (κ3) is 2.98. The van der Waals surface area contributed by atoms with E-state index in [2.05, 4.69) is 25.5 Å². The van der Waals surface area contributed by atoms with Gasteiger partial charge in [-0.15, -0.1) is 0 Å². The highest BCUT2D eigenvalue weighted by Crippen LogP contribution is 2.18. The van der Waals surface area contributed by atoms with E-state index < -0.39 is 10.0 Å². The third-order valence-electron chi connectivity index (χ3n) is 3.74. The molecule has 114 valence electrons. The number of piperidine rings is 1. The highest BCUT2D eigenvalue weighted by atomic mass is 32.2. The first-order valence-corrected chi connectivity index (χ1v) is 8.60. The minimum Gasteiger partial charge on any atom is -0.351 e. The summed E-state index contributed by atoms with van der Waals surface area (Å²) in [6.45, 7) is 2.76. The molecule has 1 saturated heterocycles. The van der Waals surface area contributed by atoms with Gasteiger partial charge in [-0.3, -0.25) is 5.10 Å². The summed E-state index contributed by atoms with van der Waals surface area (Å²) in [6, 6.07) is 0.189. The van der Waals surface area contributed by atoms with Crippen LogP contribution in [0.25, 0.3) is 11.0 Å². The van der Waals surface area contributed by atoms with E-state index in [-0.39, 0.29) is 11.8 Å². The van der Waals surface area contributed by atoms with Gasteiger partial charge in [0.25, 0.3) is 0 Å². The first-order valence-electron chi connectivity index (χ1n) is 6.99. The molecule has 0 saturated carbocycles. The lowest BCUT2D eigenvalue weighted by Gasteiger charge is -2.31. The molecule has 3 rings (SSSR count). The summed E-state index contributed by atoms with van der Waals surface area (Å²) in [5.41, 5.74) is 0.693. The normalized spacial score (nSPS) is 18.1. The fourth-order valence-corrected chi connectivity index (χ4v) is 3.58. The van der Waals surface area contributed by atoms with E-state index in [0.717, 1.165) is 18.2 Å². The van der Waals surface area contributed by atoms with Crippen molar-refractivity contribution in [3.05, 3.63) is 12.4 Å². The lowest BCUT2D eigenvalue weighted by Crippen LogP contribution is -2.43. The van der Waals surface area contributed by atoms with Crippen LogP contribution in [0.5, 0.6) is 0 Å². The lowest BCUT2D eigenvalue weighted by atomic mass is 10.1. The Morgan fingerprint density at radius 1 is 1.38 bits per heavy atom. The molecule has 1 aliphatic heterocycles. The maximum Gasteiger partial charge on any atom is 0.224 e. The molecule has 2 N–H and O–H groups in total. The molecular formula is C12H18N6O2S. The molecule has 0 bridgehead atoms. The van der Waals surface area contributed by atoms with E-state index in [9.17, 15) is 8.42 Å². The number of H-pyrrole nitrogens is 1. The largest absolute Gasteiger partial charge is 0.351 e. The van der Waals surface area contributed by atoms with Crippen molar-refractivity contribution < 1.29 is 8.42 Å². The Kier molecular flexibility index (Phi) is 3.77. The monoisotopic (exact) mass is 310 g/mol. The highest BCUT2D eigenvalue weighted by Gasteiger charge is 2.26. The Balaban J connectivity index is 1.62. The number of aromatic nitrogens is 4. The average molecular weight is 310 g/mol. The van der Waals surface area contributed by atoms with Gasteiger partial charge >= 0.3 is 0 Å². The van der Waals surface area contributed by atoms with E-state index in [4.69, 9.17) is 0 Å². The molecule has 0 atom stereocenters. The number of hydrogen-bond acceptors (Lipinski definition) is 6. The summed E-state index contributed by atoms with van der Waals surface area (Å²) in [7, 11) is -3.08. The minimum atomic E-state index is -3.08. The van der Waals surface area contributed by atoms with Crippen molar-refractivity contribution in [3.8, 4) is 0 Å². The first kappa shape index (κ1) is 14.2. The summed E-state index contributed by atoms with van der Waals surface area (Å²) in [5, 5.41) is 10.8. The fraction of sp³-hybridized carbons (Fsp3) is 0.583. The summed E-state index contributed by atoms with van der Waals surface area (Å²) in [5.74, 6) is 0.702. The lowest BCUT2D eigenvalue weighted by molar-refractivity contribution is 0.329. The first-order chi connectivity index (χ1) is 10.1. The zero-order valence-corrected chi connectivity index (χ0v) is 12.6. The van der Waals surface area contributed by atoms with Crippen molar-refractivity contribution in [1.82, 2.24) is 24.5 Å². The standard InChI is InChI=1S/C12H18N6O2S/c1-2-21(19,20)18-5-3-10(4-6-18)15-12-13-7-9-8-14-17-11(9)16-12/h7-8,10H,2-6H2,1H3,(H2,13,14,15,16,17). The molecule has 0 amide bonds. The maximum atomic E-state index is 11.8. The topological polar surface area (TPSA) is 104 Å². The molecule has 0 spiro atoms. The van der Waals surface area contributed by atoms with Crippen LogP contribution >= 0.6 is 0 Å². The van der Waals surface area contributed by atoms with Gasteiger partial charge in [0.1, 0.15) is 0 Å². The molecular weight excluding hydrogens is 292 g/mol. The van der Waals surface area contributed by atoms with Gasteiger partial charge in [0.15, 0.2) is 5.65 Å². The molecule has 0 radical (unpaired) electrons. The van der Waals surface area contributed by atoms with Crippen molar-refractivity contribution in [2.75, 3.05) is 24.2 Å². The predicted octanol–water partition coefficient (Wildman–Crippen LogP) is 0.579. The van der Waals surface area contributed by atoms with Gasteiger partial charge in [-0.25, -0.2) is 17.7 Å². The second-order valence-electron chi connectivity index (χ2n) is 5.09. The van der Waals surface area contributed by atoms with Crippen LogP contribution in [0.15, 0.2) is 12.4 Å². The predicted molar refractivity (Wildman–Crippen MR) is 79.4 cm³/mol. The van der Waals surface area contributed by atoms with E-state index >= 15 is 0 Å². The van der Waals surface area contributed by atoms with Crippen molar-refractivity contribution in [1.29, 1.82) is 0 Å². The summed E-state index contributed by atoms with van der Waals surface area (Å²) >= 11 is 0. The van der Waals surface area contributed by atoms with Crippen LogP contribution in [-0.4, -0.2) is 57.8 Å². The van der Waals surface area contributed by atoms with Crippen LogP contribution in [0.3, 0.4) is 0 Å². The molecule has 0 aromatic carbocycles. The molecule has 0 aliphatic carbocycles. The Labute approximate surface area is 123 Å². The fourth-order valence-electron chi connectivity index (χ4n) is 2.45. The minimum absolute atomic E-state index is 0.157. The number of sulfonamides is 1. The Morgan fingerprint density at radius 3 is 2.86 bits per heavy atom. The van der Waals surface area contributed by atoms with Gasteiger partial charge in [-0.1, -0.05) is 0 Å². The summed E-state index contributed by atoms with van der Waals surface area (Å²) < 4.78 is 25.2. The van der Waals surface area contributed by atoms with Gasteiger partial charge in [0.2, 0.25) is 16.0 Å². The van der Waals surface area contributed by atoms with Gasteiger partial charge < -0.3 is 5.32 Å². The quantitative estimate of drug-likeness (QED) is 0.856. The van der Waals surface area contributed by atoms with Gasteiger partial charge in [-0.2, -0.15) is 10.1 Å². The Bertz CT molecular complexity index is 720. The molecule has 3 heterocycles. The second-order valence-corrected chi connectivity index (χ2v) is 7.34. The van der Waals surface area contributed by atoms with Gasteiger partial charge in [0.05, 0.1) is 17.3 Å². The van der Waals surface area contributed by atoms with E-state index in [1.54, 1.807) is 23.6 Å². The SMILES string of the molecule is CCS(=O)(=O)N1CCC(Nc2ncc3cn[nH]c3n2)CC1. The molecule has 2 aromatic rings. The van der Waals surface area contributed by atoms with Crippen LogP contribution in [-0.2, 0) is 10.0 Å². The van der Waals surface area contributed by atoms with Gasteiger partial charge in [0, 0.05) is 25.3 Å². The molecule has 1 aliphatic rings. The van der Waals surface area contributed by atoms with E-state index in [0.29, 0.717) is 24.7 Å². The van der Waals surface area contributed by atoms with Crippen LogP contribution in [0.1, 0.15) is 19.8 Å². The van der Waals surface area contributed by atoms with Crippen LogP contribution in [0.2, 0.25) is 0 Å². The number of rotatable bonds is 4. The number of nitrogens with zero attached hydrogens (tertiary/aromatic N) is 4. The molecule has 0 unspecified atom stereocenters. The summed E-state index contributed by atoms with van der Waals surface area (Å²) in [4.78, 5) is 8.58. The van der Waals surface area contributed by atoms with Crippen molar-refractivity contribution in [2.45, 2.75) is 25.8 Å². The smallest absolute Gasteiger partial charge is 0.224 e. The second kappa shape index (κ2) is 5.57. The third-order valence-corrected chi connectivity index (χ3v) is 5.62. The van der Waals surface area contributed by atoms with Crippen molar-refractivity contribution in [3.63, 3.8) is 0 Å². The van der Waals surface area contributed by atoms with Crippen LogP contribution < -0.4 is 5.32 Å². The maximum absolute atomic E-state index is 11.8. The summed E-state index contributed by atoms with van der Waals surface area (Å²) in [6.07, 6.45) is 4.89. The van der Waals surface area contributed by atoms with Gasteiger partial charge in [-0.05, 0) is 19.8 Å². The molecule has 8 nitrogen and oxygen atoms in total. The number of hydrogen-bond donors (Lipinski definition) is 2. The van der Waals surface area contributed by atoms with Crippen LogP contribution in [0, 0.1) is 0 Å². The highest BCUT2D eigenvalue weighted by molar-refractivity contribution is 7.89. The molecule has 21 heavy (non-hydrogen) atoms. The zero-order chi connectivity index (χ0) is 14.9. The molecule has 2 aromatic heterocycles. The number of aromatic amines is 1. The van der Waals surface area contributed by atoms with Crippen LogP contribution in [0.4, 0.5) is 5.95 Å². The molecule has 1 fully saturated rings. The number of anilines is 1. The number of nitrogens with one attached hydrogen (secondary N) is 2.